The number of carbonyl (C=O) groups excluding carboxylic acids is 1. The molecule has 1 amide bonds. The third kappa shape index (κ3) is 4.69. The number of rotatable bonds is 8. The van der Waals surface area contributed by atoms with E-state index in [1.807, 2.05) is 57.4 Å². The van der Waals surface area contributed by atoms with Crippen molar-refractivity contribution in [1.82, 2.24) is 9.88 Å². The lowest BCUT2D eigenvalue weighted by Gasteiger charge is -2.33. The molecule has 176 valence electrons. The molecule has 0 spiro atoms. The Bertz CT molecular complexity index is 1090. The summed E-state index contributed by atoms with van der Waals surface area (Å²) in [4.78, 5) is 22.4. The average Bonchev–Trinajstić information content (AvgIpc) is 3.25. The number of thiazole rings is 1. The number of para-hydroxylation sites is 2. The Hall–Kier alpha value is -3.04. The molecule has 9 heteroatoms. The molecule has 0 radical (unpaired) electrons. The fourth-order valence-electron chi connectivity index (χ4n) is 3.78. The van der Waals surface area contributed by atoms with Crippen LogP contribution in [-0.2, 0) is 4.79 Å². The van der Waals surface area contributed by atoms with Crippen LogP contribution in [0.5, 0.6) is 23.0 Å². The molecule has 2 heterocycles. The van der Waals surface area contributed by atoms with Crippen LogP contribution in [0.2, 0.25) is 0 Å². The molecule has 4 rings (SSSR count). The zero-order chi connectivity index (χ0) is 23.5. The third-order valence-electron chi connectivity index (χ3n) is 5.47. The molecule has 0 bridgehead atoms. The van der Waals surface area contributed by atoms with Crippen LogP contribution in [0.4, 0.5) is 5.13 Å². The van der Waals surface area contributed by atoms with E-state index < -0.39 is 12.2 Å². The Morgan fingerprint density at radius 2 is 1.70 bits per heavy atom. The molecule has 0 fully saturated rings. The maximum atomic E-state index is 13.8. The van der Waals surface area contributed by atoms with E-state index in [1.165, 1.54) is 11.3 Å². The zero-order valence-electron chi connectivity index (χ0n) is 19.5. The van der Waals surface area contributed by atoms with E-state index in [9.17, 15) is 4.79 Å². The van der Waals surface area contributed by atoms with Crippen molar-refractivity contribution in [3.8, 4) is 23.0 Å². The van der Waals surface area contributed by atoms with Crippen LogP contribution in [-0.4, -0.2) is 69.4 Å². The van der Waals surface area contributed by atoms with Crippen molar-refractivity contribution in [3.63, 3.8) is 0 Å². The van der Waals surface area contributed by atoms with Crippen LogP contribution in [0.1, 0.15) is 13.3 Å². The van der Waals surface area contributed by atoms with Crippen molar-refractivity contribution in [1.29, 1.82) is 0 Å². The molecule has 0 N–H and O–H groups in total. The minimum Gasteiger partial charge on any atom is -0.495 e. The summed E-state index contributed by atoms with van der Waals surface area (Å²) in [7, 11) is 7.24. The Labute approximate surface area is 197 Å². The Kier molecular flexibility index (Phi) is 6.90. The van der Waals surface area contributed by atoms with Crippen LogP contribution in [0.3, 0.4) is 0 Å². The standard InChI is InChI=1S/C24H29N3O5S/c1-15-21(32-17-10-7-6-9-16(17)31-15)23(28)27(14-8-13-26(2)3)24-25-20-18(29-4)11-12-19(30-5)22(20)33-24/h6-7,9-12,15,21H,8,13-14H2,1-5H3. The fraction of sp³-hybridized carbons (Fsp3) is 0.417. The van der Waals surface area contributed by atoms with E-state index in [1.54, 1.807) is 19.1 Å². The lowest BCUT2D eigenvalue weighted by molar-refractivity contribution is -0.130. The molecular formula is C24H29N3O5S. The zero-order valence-corrected chi connectivity index (χ0v) is 20.3. The average molecular weight is 472 g/mol. The minimum atomic E-state index is -0.782. The van der Waals surface area contributed by atoms with Crippen LogP contribution >= 0.6 is 11.3 Å². The minimum absolute atomic E-state index is 0.187. The first kappa shape index (κ1) is 23.1. The molecule has 2 atom stereocenters. The number of ether oxygens (including phenoxy) is 4. The molecule has 0 saturated heterocycles. The van der Waals surface area contributed by atoms with Gasteiger partial charge in [-0.1, -0.05) is 23.5 Å². The van der Waals surface area contributed by atoms with Gasteiger partial charge in [0.15, 0.2) is 16.6 Å². The molecule has 8 nitrogen and oxygen atoms in total. The van der Waals surface area contributed by atoms with Gasteiger partial charge < -0.3 is 23.8 Å². The SMILES string of the molecule is COc1ccc(OC)c2sc(N(CCCN(C)C)C(=O)C3Oc4ccccc4OC3C)nc12. The topological polar surface area (TPSA) is 73.4 Å². The van der Waals surface area contributed by atoms with E-state index >= 15 is 0 Å². The molecule has 3 aromatic rings. The highest BCUT2D eigenvalue weighted by molar-refractivity contribution is 7.22. The van der Waals surface area contributed by atoms with Gasteiger partial charge in [-0.25, -0.2) is 4.98 Å². The van der Waals surface area contributed by atoms with Gasteiger partial charge in [-0.05, 0) is 58.3 Å². The number of nitrogens with zero attached hydrogens (tertiary/aromatic N) is 3. The quantitative estimate of drug-likeness (QED) is 0.494. The highest BCUT2D eigenvalue weighted by Gasteiger charge is 2.38. The molecule has 0 saturated carbocycles. The second-order valence-corrected chi connectivity index (χ2v) is 9.08. The molecule has 1 aliphatic heterocycles. The predicted molar refractivity (Wildman–Crippen MR) is 129 cm³/mol. The molecule has 1 aromatic heterocycles. The van der Waals surface area contributed by atoms with Gasteiger partial charge in [-0.2, -0.15) is 0 Å². The van der Waals surface area contributed by atoms with E-state index in [-0.39, 0.29) is 5.91 Å². The summed E-state index contributed by atoms with van der Waals surface area (Å²) >= 11 is 1.40. The normalized spacial score (nSPS) is 17.3. The summed E-state index contributed by atoms with van der Waals surface area (Å²) in [6, 6.07) is 11.1. The summed E-state index contributed by atoms with van der Waals surface area (Å²) in [5, 5.41) is 0.575. The maximum Gasteiger partial charge on any atom is 0.273 e. The van der Waals surface area contributed by atoms with E-state index in [4.69, 9.17) is 23.9 Å². The first-order valence-electron chi connectivity index (χ1n) is 10.8. The lowest BCUT2D eigenvalue weighted by atomic mass is 10.1. The fourth-order valence-corrected chi connectivity index (χ4v) is 4.89. The summed E-state index contributed by atoms with van der Waals surface area (Å²) < 4.78 is 23.9. The van der Waals surface area contributed by atoms with Crippen molar-refractivity contribution >= 4 is 32.6 Å². The number of methoxy groups -OCH3 is 2. The third-order valence-corrected chi connectivity index (χ3v) is 6.56. The summed E-state index contributed by atoms with van der Waals surface area (Å²) in [6.45, 7) is 3.18. The second kappa shape index (κ2) is 9.84. The highest BCUT2D eigenvalue weighted by atomic mass is 32.1. The van der Waals surface area contributed by atoms with Crippen molar-refractivity contribution in [3.05, 3.63) is 36.4 Å². The highest BCUT2D eigenvalue weighted by Crippen LogP contribution is 2.41. The van der Waals surface area contributed by atoms with Gasteiger partial charge in [-0.3, -0.25) is 9.69 Å². The Morgan fingerprint density at radius 3 is 2.36 bits per heavy atom. The van der Waals surface area contributed by atoms with E-state index in [0.717, 1.165) is 17.7 Å². The van der Waals surface area contributed by atoms with Crippen LogP contribution in [0.15, 0.2) is 36.4 Å². The number of hydrogen-bond acceptors (Lipinski definition) is 8. The Morgan fingerprint density at radius 1 is 1.03 bits per heavy atom. The number of hydrogen-bond donors (Lipinski definition) is 0. The van der Waals surface area contributed by atoms with Crippen LogP contribution in [0, 0.1) is 0 Å². The number of aromatic nitrogens is 1. The largest absolute Gasteiger partial charge is 0.495 e. The molecule has 1 aliphatic rings. The molecule has 2 unspecified atom stereocenters. The van der Waals surface area contributed by atoms with Crippen molar-refractivity contribution in [2.45, 2.75) is 25.6 Å². The monoisotopic (exact) mass is 471 g/mol. The molecule has 2 aromatic carbocycles. The maximum absolute atomic E-state index is 13.8. The molecule has 0 aliphatic carbocycles. The van der Waals surface area contributed by atoms with Gasteiger partial charge in [0, 0.05) is 6.54 Å². The lowest BCUT2D eigenvalue weighted by Crippen LogP contribution is -2.51. The number of amides is 1. The Balaban J connectivity index is 1.70. The number of benzene rings is 2. The van der Waals surface area contributed by atoms with Gasteiger partial charge in [0.2, 0.25) is 6.10 Å². The number of carbonyl (C=O) groups is 1. The van der Waals surface area contributed by atoms with E-state index in [2.05, 4.69) is 4.90 Å². The van der Waals surface area contributed by atoms with Crippen molar-refractivity contribution < 1.29 is 23.7 Å². The molecular weight excluding hydrogens is 442 g/mol. The predicted octanol–water partition coefficient (Wildman–Crippen LogP) is 3.83. The van der Waals surface area contributed by atoms with Crippen LogP contribution in [0.25, 0.3) is 10.2 Å². The van der Waals surface area contributed by atoms with Gasteiger partial charge in [0.25, 0.3) is 5.91 Å². The first-order chi connectivity index (χ1) is 15.9. The van der Waals surface area contributed by atoms with Gasteiger partial charge >= 0.3 is 0 Å². The first-order valence-corrected chi connectivity index (χ1v) is 11.6. The number of fused-ring (bicyclic) bond motifs is 2. The second-order valence-electron chi connectivity index (χ2n) is 8.10. The summed E-state index contributed by atoms with van der Waals surface area (Å²) in [6.07, 6.45) is -0.446. The smallest absolute Gasteiger partial charge is 0.273 e. The summed E-state index contributed by atoms with van der Waals surface area (Å²) in [5.74, 6) is 2.34. The van der Waals surface area contributed by atoms with Gasteiger partial charge in [0.05, 0.1) is 14.2 Å². The van der Waals surface area contributed by atoms with E-state index in [0.29, 0.717) is 40.2 Å². The van der Waals surface area contributed by atoms with Gasteiger partial charge in [-0.15, -0.1) is 0 Å². The van der Waals surface area contributed by atoms with Crippen LogP contribution < -0.4 is 23.8 Å². The number of anilines is 1. The van der Waals surface area contributed by atoms with Crippen molar-refractivity contribution in [2.24, 2.45) is 0 Å². The molecule has 33 heavy (non-hydrogen) atoms. The summed E-state index contributed by atoms with van der Waals surface area (Å²) in [5.41, 5.74) is 0.668. The van der Waals surface area contributed by atoms with Gasteiger partial charge in [0.1, 0.15) is 27.8 Å². The van der Waals surface area contributed by atoms with Crippen molar-refractivity contribution in [2.75, 3.05) is 46.3 Å².